The minimum atomic E-state index is -0.217. The fourth-order valence-corrected chi connectivity index (χ4v) is 3.39. The molecule has 1 unspecified atom stereocenters. The number of rotatable bonds is 1. The molecule has 0 saturated carbocycles. The lowest BCUT2D eigenvalue weighted by Gasteiger charge is -2.39. The molecule has 0 amide bonds. The lowest BCUT2D eigenvalue weighted by molar-refractivity contribution is 0.602. The monoisotopic (exact) mass is 274 g/mol. The Balaban J connectivity index is 2.00. The Bertz CT molecular complexity index is 801. The molecular formula is C19H18N2. The van der Waals surface area contributed by atoms with E-state index in [0.29, 0.717) is 0 Å². The van der Waals surface area contributed by atoms with Crippen LogP contribution >= 0.6 is 0 Å². The number of hydrogen-bond donors (Lipinski definition) is 1. The summed E-state index contributed by atoms with van der Waals surface area (Å²) < 4.78 is 2.31. The zero-order valence-electron chi connectivity index (χ0n) is 12.3. The largest absolute Gasteiger partial charge is 0.369 e. The Morgan fingerprint density at radius 3 is 2.52 bits per heavy atom. The van der Waals surface area contributed by atoms with E-state index < -0.39 is 0 Å². The number of benzene rings is 2. The van der Waals surface area contributed by atoms with Gasteiger partial charge in [-0.3, -0.25) is 0 Å². The molecule has 3 aromatic rings. The highest BCUT2D eigenvalue weighted by atomic mass is 15.1. The number of nitrogens with one attached hydrogen (secondary N) is 1. The van der Waals surface area contributed by atoms with Crippen LogP contribution < -0.4 is 5.32 Å². The zero-order chi connectivity index (χ0) is 14.4. The Hall–Kier alpha value is -2.48. The Labute approximate surface area is 125 Å². The molecule has 21 heavy (non-hydrogen) atoms. The van der Waals surface area contributed by atoms with Crippen LogP contribution in [-0.2, 0) is 5.54 Å². The molecule has 1 aliphatic rings. The fourth-order valence-electron chi connectivity index (χ4n) is 3.39. The van der Waals surface area contributed by atoms with Crippen molar-refractivity contribution in [3.05, 3.63) is 83.7 Å². The second-order valence-corrected chi connectivity index (χ2v) is 5.85. The first-order chi connectivity index (χ1) is 10.2. The molecule has 0 spiro atoms. The van der Waals surface area contributed by atoms with Gasteiger partial charge in [-0.2, -0.15) is 0 Å². The Morgan fingerprint density at radius 2 is 1.71 bits per heavy atom. The third-order valence-corrected chi connectivity index (χ3v) is 4.48. The van der Waals surface area contributed by atoms with Crippen LogP contribution in [0.25, 0.3) is 5.69 Å². The van der Waals surface area contributed by atoms with Crippen molar-refractivity contribution in [2.75, 3.05) is 5.32 Å². The summed E-state index contributed by atoms with van der Waals surface area (Å²) in [5.74, 6) is 0. The van der Waals surface area contributed by atoms with E-state index in [1.54, 1.807) is 0 Å². The highest BCUT2D eigenvalue weighted by Gasteiger charge is 2.36. The second kappa shape index (κ2) is 4.26. The van der Waals surface area contributed by atoms with E-state index in [2.05, 4.69) is 90.6 Å². The van der Waals surface area contributed by atoms with Gasteiger partial charge in [0.25, 0.3) is 0 Å². The van der Waals surface area contributed by atoms with Crippen LogP contribution in [-0.4, -0.2) is 4.57 Å². The molecule has 2 nitrogen and oxygen atoms in total. The molecule has 0 fully saturated rings. The summed E-state index contributed by atoms with van der Waals surface area (Å²) in [6.45, 7) is 4.41. The van der Waals surface area contributed by atoms with Crippen molar-refractivity contribution in [3.63, 3.8) is 0 Å². The molecule has 1 atom stereocenters. The fraction of sp³-hybridized carbons (Fsp3) is 0.158. The number of aromatic nitrogens is 1. The highest BCUT2D eigenvalue weighted by Crippen LogP contribution is 2.42. The van der Waals surface area contributed by atoms with Gasteiger partial charge in [-0.15, -0.1) is 0 Å². The normalized spacial score (nSPS) is 19.5. The maximum absolute atomic E-state index is 3.75. The Morgan fingerprint density at radius 1 is 0.905 bits per heavy atom. The van der Waals surface area contributed by atoms with Crippen molar-refractivity contribution in [2.24, 2.45) is 0 Å². The number of aryl methyl sites for hydroxylation is 1. The molecule has 1 aromatic heterocycles. The van der Waals surface area contributed by atoms with Gasteiger partial charge in [-0.25, -0.2) is 0 Å². The number of fused-ring (bicyclic) bond motifs is 3. The van der Waals surface area contributed by atoms with Gasteiger partial charge in [-0.05, 0) is 43.2 Å². The zero-order valence-corrected chi connectivity index (χ0v) is 12.3. The molecule has 2 heterocycles. The summed E-state index contributed by atoms with van der Waals surface area (Å²) in [6.07, 6.45) is 2.16. The first-order valence-electron chi connectivity index (χ1n) is 7.32. The van der Waals surface area contributed by atoms with Gasteiger partial charge in [0.2, 0.25) is 0 Å². The van der Waals surface area contributed by atoms with Crippen LogP contribution in [0.5, 0.6) is 0 Å². The van der Waals surface area contributed by atoms with Crippen LogP contribution in [0.15, 0.2) is 66.9 Å². The molecular weight excluding hydrogens is 256 g/mol. The molecule has 0 saturated heterocycles. The van der Waals surface area contributed by atoms with Crippen molar-refractivity contribution >= 4 is 5.69 Å². The van der Waals surface area contributed by atoms with Gasteiger partial charge in [-0.1, -0.05) is 42.5 Å². The predicted molar refractivity (Wildman–Crippen MR) is 87.0 cm³/mol. The van der Waals surface area contributed by atoms with E-state index in [9.17, 15) is 0 Å². The molecule has 0 aliphatic carbocycles. The van der Waals surface area contributed by atoms with Gasteiger partial charge in [0.05, 0.1) is 17.1 Å². The van der Waals surface area contributed by atoms with Crippen LogP contribution in [0.4, 0.5) is 5.69 Å². The maximum atomic E-state index is 3.75. The highest BCUT2D eigenvalue weighted by molar-refractivity contribution is 5.71. The molecule has 1 N–H and O–H groups in total. The summed E-state index contributed by atoms with van der Waals surface area (Å²) in [7, 11) is 0. The smallest absolute Gasteiger partial charge is 0.101 e. The van der Waals surface area contributed by atoms with E-state index in [0.717, 1.165) is 0 Å². The summed E-state index contributed by atoms with van der Waals surface area (Å²) in [6, 6.07) is 21.4. The van der Waals surface area contributed by atoms with Crippen LogP contribution in [0.2, 0.25) is 0 Å². The van der Waals surface area contributed by atoms with Crippen molar-refractivity contribution in [2.45, 2.75) is 19.4 Å². The minimum Gasteiger partial charge on any atom is -0.369 e. The summed E-state index contributed by atoms with van der Waals surface area (Å²) in [5.41, 5.74) is 6.06. The molecule has 4 rings (SSSR count). The molecule has 104 valence electrons. The lowest BCUT2D eigenvalue weighted by Crippen LogP contribution is -2.38. The van der Waals surface area contributed by atoms with E-state index in [4.69, 9.17) is 0 Å². The number of anilines is 1. The van der Waals surface area contributed by atoms with Gasteiger partial charge in [0.1, 0.15) is 5.54 Å². The summed E-state index contributed by atoms with van der Waals surface area (Å²) in [4.78, 5) is 0. The quantitative estimate of drug-likeness (QED) is 0.692. The maximum Gasteiger partial charge on any atom is 0.101 e. The first kappa shape index (κ1) is 12.3. The molecule has 0 bridgehead atoms. The number of hydrogen-bond acceptors (Lipinski definition) is 1. The molecule has 0 radical (unpaired) electrons. The van der Waals surface area contributed by atoms with Gasteiger partial charge in [0, 0.05) is 6.20 Å². The van der Waals surface area contributed by atoms with E-state index in [1.807, 2.05) is 0 Å². The standard InChI is InChI=1S/C19H18N2/c1-14-8-6-11-16-18(14)21-13-7-12-17(21)19(2,20-16)15-9-4-3-5-10-15/h3-13,20H,1-2H3. The predicted octanol–water partition coefficient (Wildman–Crippen LogP) is 4.47. The summed E-state index contributed by atoms with van der Waals surface area (Å²) >= 11 is 0. The minimum absolute atomic E-state index is 0.217. The van der Waals surface area contributed by atoms with Gasteiger partial charge >= 0.3 is 0 Å². The topological polar surface area (TPSA) is 17.0 Å². The van der Waals surface area contributed by atoms with E-state index in [1.165, 1.54) is 28.2 Å². The number of nitrogens with zero attached hydrogens (tertiary/aromatic N) is 1. The Kier molecular flexibility index (Phi) is 2.49. The van der Waals surface area contributed by atoms with Gasteiger partial charge in [0.15, 0.2) is 0 Å². The molecule has 1 aliphatic heterocycles. The van der Waals surface area contributed by atoms with Crippen molar-refractivity contribution in [1.82, 2.24) is 4.57 Å². The summed E-state index contributed by atoms with van der Waals surface area (Å²) in [5, 5.41) is 3.75. The lowest BCUT2D eigenvalue weighted by atomic mass is 9.86. The SMILES string of the molecule is Cc1cccc2c1-n1cccc1C(C)(c1ccccc1)N2. The molecule has 2 aromatic carbocycles. The average molecular weight is 274 g/mol. The van der Waals surface area contributed by atoms with E-state index >= 15 is 0 Å². The van der Waals surface area contributed by atoms with E-state index in [-0.39, 0.29) is 5.54 Å². The van der Waals surface area contributed by atoms with Crippen molar-refractivity contribution < 1.29 is 0 Å². The third-order valence-electron chi connectivity index (χ3n) is 4.48. The van der Waals surface area contributed by atoms with Gasteiger partial charge < -0.3 is 9.88 Å². The second-order valence-electron chi connectivity index (χ2n) is 5.85. The average Bonchev–Trinajstić information content (AvgIpc) is 2.98. The van der Waals surface area contributed by atoms with Crippen molar-refractivity contribution in [1.29, 1.82) is 0 Å². The molecule has 2 heteroatoms. The van der Waals surface area contributed by atoms with Crippen LogP contribution in [0, 0.1) is 6.92 Å². The first-order valence-corrected chi connectivity index (χ1v) is 7.32. The van der Waals surface area contributed by atoms with Crippen molar-refractivity contribution in [3.8, 4) is 5.69 Å². The third kappa shape index (κ3) is 1.65. The van der Waals surface area contributed by atoms with Crippen LogP contribution in [0.1, 0.15) is 23.7 Å². The number of para-hydroxylation sites is 1. The van der Waals surface area contributed by atoms with Crippen LogP contribution in [0.3, 0.4) is 0 Å².